The first kappa shape index (κ1) is 23.7. The van der Waals surface area contributed by atoms with Crippen molar-refractivity contribution in [1.29, 1.82) is 0 Å². The third-order valence-electron chi connectivity index (χ3n) is 4.76. The molecule has 172 valence electrons. The molecule has 1 heterocycles. The zero-order valence-electron chi connectivity index (χ0n) is 18.8. The lowest BCUT2D eigenvalue weighted by Gasteiger charge is -2.28. The van der Waals surface area contributed by atoms with Gasteiger partial charge in [-0.3, -0.25) is 4.79 Å². The van der Waals surface area contributed by atoms with Crippen LogP contribution >= 0.6 is 0 Å². The van der Waals surface area contributed by atoms with Gasteiger partial charge < -0.3 is 19.3 Å². The average molecular weight is 450 g/mol. The number of aromatic nitrogens is 2. The highest BCUT2D eigenvalue weighted by Crippen LogP contribution is 2.25. The zero-order valence-corrected chi connectivity index (χ0v) is 18.8. The van der Waals surface area contributed by atoms with Crippen molar-refractivity contribution in [2.75, 3.05) is 0 Å². The molecule has 0 fully saturated rings. The minimum atomic E-state index is -0.950. The molecule has 3 rings (SSSR count). The van der Waals surface area contributed by atoms with Crippen LogP contribution in [0.2, 0.25) is 0 Å². The average Bonchev–Trinajstić information content (AvgIpc) is 3.28. The maximum atomic E-state index is 12.5. The third-order valence-corrected chi connectivity index (χ3v) is 4.76. The van der Waals surface area contributed by atoms with Crippen LogP contribution < -0.4 is 5.32 Å². The summed E-state index contributed by atoms with van der Waals surface area (Å²) in [5.74, 6) is -0.253. The van der Waals surface area contributed by atoms with Gasteiger partial charge in [-0.15, -0.1) is 0 Å². The van der Waals surface area contributed by atoms with Crippen molar-refractivity contribution < 1.29 is 23.6 Å². The Labute approximate surface area is 192 Å². The summed E-state index contributed by atoms with van der Waals surface area (Å²) in [5.41, 5.74) is 1.83. The molecule has 0 aliphatic rings. The van der Waals surface area contributed by atoms with Gasteiger partial charge in [0, 0.05) is 13.0 Å². The van der Waals surface area contributed by atoms with Crippen LogP contribution in [0.4, 0.5) is 4.79 Å². The minimum Gasteiger partial charge on any atom is -0.452 e. The summed E-state index contributed by atoms with van der Waals surface area (Å²) in [6.45, 7) is 5.17. The molecule has 8 heteroatoms. The maximum Gasteiger partial charge on any atom is 0.407 e. The number of ether oxygens (including phenoxy) is 2. The Balaban J connectivity index is 1.73. The van der Waals surface area contributed by atoms with E-state index < -0.39 is 24.2 Å². The Morgan fingerprint density at radius 1 is 1.03 bits per heavy atom. The summed E-state index contributed by atoms with van der Waals surface area (Å²) in [6.07, 6.45) is 1.91. The Kier molecular flexibility index (Phi) is 8.35. The van der Waals surface area contributed by atoms with Crippen molar-refractivity contribution in [1.82, 2.24) is 15.5 Å². The summed E-state index contributed by atoms with van der Waals surface area (Å²) in [6, 6.07) is 18.3. The molecule has 0 saturated carbocycles. The van der Waals surface area contributed by atoms with E-state index in [1.165, 1.54) is 6.92 Å². The molecular formula is C25H27N3O5. The van der Waals surface area contributed by atoms with Crippen molar-refractivity contribution in [3.63, 3.8) is 0 Å². The van der Waals surface area contributed by atoms with E-state index in [0.29, 0.717) is 0 Å². The first-order valence-electron chi connectivity index (χ1n) is 10.6. The molecule has 1 amide bonds. The van der Waals surface area contributed by atoms with Crippen LogP contribution in [0.1, 0.15) is 49.7 Å². The molecule has 0 aliphatic heterocycles. The van der Waals surface area contributed by atoms with Gasteiger partial charge in [-0.05, 0) is 23.1 Å². The number of hydrogen-bond donors (Lipinski definition) is 1. The number of rotatable bonds is 9. The van der Waals surface area contributed by atoms with E-state index in [-0.39, 0.29) is 24.2 Å². The van der Waals surface area contributed by atoms with Gasteiger partial charge >= 0.3 is 12.1 Å². The summed E-state index contributed by atoms with van der Waals surface area (Å²) in [5, 5.41) is 6.76. The molecule has 1 unspecified atom stereocenters. The topological polar surface area (TPSA) is 104 Å². The largest absolute Gasteiger partial charge is 0.452 e. The van der Waals surface area contributed by atoms with E-state index >= 15 is 0 Å². The summed E-state index contributed by atoms with van der Waals surface area (Å²) >= 11 is 0. The number of amides is 1. The predicted molar refractivity (Wildman–Crippen MR) is 123 cm³/mol. The standard InChI is InChI=1S/C25H27N3O5/c1-17(2)22(27-25(30)31-16-20-12-8-5-9-13-20)23(32-18(3)29)24-26-21(33-28-24)15-14-19-10-6-4-7-11-19/h4-15,17,22-23H,16H2,1-3H3,(H,27,30)/b15-14+/t22-,23?/m0/s1. The number of nitrogens with zero attached hydrogens (tertiary/aromatic N) is 2. The molecule has 33 heavy (non-hydrogen) atoms. The van der Waals surface area contributed by atoms with Crippen molar-refractivity contribution >= 4 is 24.2 Å². The lowest BCUT2D eigenvalue weighted by Crippen LogP contribution is -2.44. The molecule has 0 spiro atoms. The molecule has 0 aliphatic carbocycles. The highest BCUT2D eigenvalue weighted by molar-refractivity contribution is 5.69. The van der Waals surface area contributed by atoms with Crippen molar-refractivity contribution in [2.24, 2.45) is 5.92 Å². The SMILES string of the molecule is CC(=O)OC(c1noc(/C=C/c2ccccc2)n1)[C@@H](NC(=O)OCc1ccccc1)C(C)C. The number of benzene rings is 2. The summed E-state index contributed by atoms with van der Waals surface area (Å²) in [4.78, 5) is 28.6. The van der Waals surface area contributed by atoms with E-state index in [0.717, 1.165) is 11.1 Å². The Morgan fingerprint density at radius 3 is 2.33 bits per heavy atom. The summed E-state index contributed by atoms with van der Waals surface area (Å²) in [7, 11) is 0. The van der Waals surface area contributed by atoms with Crippen LogP contribution in [0, 0.1) is 5.92 Å². The van der Waals surface area contributed by atoms with Gasteiger partial charge in [0.25, 0.3) is 5.89 Å². The number of alkyl carbamates (subject to hydrolysis) is 1. The molecule has 0 bridgehead atoms. The van der Waals surface area contributed by atoms with Crippen LogP contribution in [0.3, 0.4) is 0 Å². The first-order valence-corrected chi connectivity index (χ1v) is 10.6. The molecule has 8 nitrogen and oxygen atoms in total. The Bertz CT molecular complexity index is 1060. The van der Waals surface area contributed by atoms with Gasteiger partial charge in [-0.1, -0.05) is 79.7 Å². The van der Waals surface area contributed by atoms with Gasteiger partial charge in [0.15, 0.2) is 6.10 Å². The third kappa shape index (κ3) is 7.31. The second-order valence-electron chi connectivity index (χ2n) is 7.74. The van der Waals surface area contributed by atoms with Crippen LogP contribution in [-0.2, 0) is 20.9 Å². The van der Waals surface area contributed by atoms with E-state index in [4.69, 9.17) is 14.0 Å². The van der Waals surface area contributed by atoms with Gasteiger partial charge in [0.1, 0.15) is 6.61 Å². The van der Waals surface area contributed by atoms with Gasteiger partial charge in [0.05, 0.1) is 6.04 Å². The van der Waals surface area contributed by atoms with Gasteiger partial charge in [-0.2, -0.15) is 4.98 Å². The second-order valence-corrected chi connectivity index (χ2v) is 7.74. The summed E-state index contributed by atoms with van der Waals surface area (Å²) < 4.78 is 16.1. The molecule has 0 saturated heterocycles. The highest BCUT2D eigenvalue weighted by Gasteiger charge is 2.34. The zero-order chi connectivity index (χ0) is 23.6. The maximum absolute atomic E-state index is 12.5. The highest BCUT2D eigenvalue weighted by atomic mass is 16.6. The van der Waals surface area contributed by atoms with Crippen molar-refractivity contribution in [3.8, 4) is 0 Å². The Morgan fingerprint density at radius 2 is 1.70 bits per heavy atom. The molecular weight excluding hydrogens is 422 g/mol. The molecule has 3 aromatic rings. The Hall–Kier alpha value is -3.94. The van der Waals surface area contributed by atoms with Gasteiger partial charge in [-0.25, -0.2) is 4.79 Å². The van der Waals surface area contributed by atoms with Gasteiger partial charge in [0.2, 0.25) is 5.82 Å². The van der Waals surface area contributed by atoms with Crippen molar-refractivity contribution in [3.05, 3.63) is 83.5 Å². The monoisotopic (exact) mass is 449 g/mol. The number of carbonyl (C=O) groups is 2. The van der Waals surface area contributed by atoms with E-state index in [9.17, 15) is 9.59 Å². The molecule has 0 radical (unpaired) electrons. The molecule has 2 aromatic carbocycles. The number of hydrogen-bond acceptors (Lipinski definition) is 7. The number of carbonyl (C=O) groups excluding carboxylic acids is 2. The second kappa shape index (κ2) is 11.6. The quantitative estimate of drug-likeness (QED) is 0.468. The number of esters is 1. The fourth-order valence-electron chi connectivity index (χ4n) is 3.12. The number of nitrogens with one attached hydrogen (secondary N) is 1. The van der Waals surface area contributed by atoms with Crippen LogP contribution in [0.5, 0.6) is 0 Å². The van der Waals surface area contributed by atoms with Crippen LogP contribution in [-0.4, -0.2) is 28.2 Å². The lowest BCUT2D eigenvalue weighted by atomic mass is 9.98. The first-order chi connectivity index (χ1) is 15.9. The molecule has 2 atom stereocenters. The van der Waals surface area contributed by atoms with Crippen molar-refractivity contribution in [2.45, 2.75) is 39.5 Å². The van der Waals surface area contributed by atoms with Crippen LogP contribution in [0.25, 0.3) is 12.2 Å². The van der Waals surface area contributed by atoms with Crippen LogP contribution in [0.15, 0.2) is 65.2 Å². The van der Waals surface area contributed by atoms with E-state index in [1.807, 2.05) is 80.6 Å². The lowest BCUT2D eigenvalue weighted by molar-refractivity contribution is -0.149. The predicted octanol–water partition coefficient (Wildman–Crippen LogP) is 4.80. The normalized spacial score (nSPS) is 13.0. The van der Waals surface area contributed by atoms with E-state index in [2.05, 4.69) is 15.5 Å². The molecule has 1 aromatic heterocycles. The molecule has 1 N–H and O–H groups in total. The fraction of sp³-hybridized carbons (Fsp3) is 0.280. The van der Waals surface area contributed by atoms with E-state index in [1.54, 1.807) is 6.08 Å². The fourth-order valence-corrected chi connectivity index (χ4v) is 3.12. The minimum absolute atomic E-state index is 0.117. The smallest absolute Gasteiger partial charge is 0.407 e.